The van der Waals surface area contributed by atoms with Gasteiger partial charge in [-0.25, -0.2) is 4.98 Å². The number of alkyl halides is 3. The molecule has 3 aromatic rings. The van der Waals surface area contributed by atoms with E-state index in [9.17, 15) is 28.1 Å². The molecule has 0 bridgehead atoms. The lowest BCUT2D eigenvalue weighted by Crippen LogP contribution is -2.39. The van der Waals surface area contributed by atoms with Crippen LogP contribution in [0, 0.1) is 10.1 Å². The number of halogens is 3. The fourth-order valence-electron chi connectivity index (χ4n) is 3.33. The van der Waals surface area contributed by atoms with E-state index in [1.54, 1.807) is 23.2 Å². The number of hydrogen-bond acceptors (Lipinski definition) is 8. The van der Waals surface area contributed by atoms with E-state index < -0.39 is 33.3 Å². The monoisotopic (exact) mass is 452 g/mol. The summed E-state index contributed by atoms with van der Waals surface area (Å²) in [7, 11) is 0. The van der Waals surface area contributed by atoms with E-state index in [2.05, 4.69) is 9.97 Å². The number of hydrogen-bond donors (Lipinski definition) is 0. The first-order chi connectivity index (χ1) is 14.7. The number of ether oxygens (including phenoxy) is 1. The van der Waals surface area contributed by atoms with Gasteiger partial charge in [-0.2, -0.15) is 18.2 Å². The van der Waals surface area contributed by atoms with Gasteiger partial charge in [-0.3, -0.25) is 14.9 Å². The zero-order valence-electron chi connectivity index (χ0n) is 15.8. The Morgan fingerprint density at radius 1 is 1.23 bits per heavy atom. The zero-order valence-corrected chi connectivity index (χ0v) is 16.7. The van der Waals surface area contributed by atoms with Crippen molar-refractivity contribution < 1.29 is 22.8 Å². The lowest BCUT2D eigenvalue weighted by atomic mass is 10.1. The van der Waals surface area contributed by atoms with Gasteiger partial charge in [0, 0.05) is 44.3 Å². The number of anilines is 1. The standard InChI is InChI=1S/C19H15F3N4O4S/c20-19(21,22)11-9-13-16(14(10-11)26(28)29)31-18(24-17(13)27)25-7-4-12(5-8-25)30-15-3-1-2-6-23-15/h1-3,6,9-10,12H,4-5,7-8H2. The van der Waals surface area contributed by atoms with Crippen LogP contribution in [0.4, 0.5) is 24.0 Å². The average molecular weight is 452 g/mol. The van der Waals surface area contributed by atoms with Crippen LogP contribution in [0.1, 0.15) is 18.4 Å². The molecule has 1 aliphatic heterocycles. The molecular weight excluding hydrogens is 437 g/mol. The van der Waals surface area contributed by atoms with Crippen molar-refractivity contribution in [1.29, 1.82) is 0 Å². The normalized spacial score (nSPS) is 15.3. The van der Waals surface area contributed by atoms with E-state index in [-0.39, 0.29) is 15.9 Å². The number of non-ortho nitro benzene ring substituents is 1. The molecule has 1 saturated heterocycles. The first-order valence-corrected chi connectivity index (χ1v) is 10.1. The van der Waals surface area contributed by atoms with Crippen molar-refractivity contribution in [2.75, 3.05) is 18.0 Å². The predicted octanol–water partition coefficient (Wildman–Crippen LogP) is 4.03. The Balaban J connectivity index is 1.61. The van der Waals surface area contributed by atoms with Crippen LogP contribution in [0.2, 0.25) is 0 Å². The highest BCUT2D eigenvalue weighted by Crippen LogP contribution is 2.38. The number of pyridine rings is 1. The Morgan fingerprint density at radius 3 is 2.58 bits per heavy atom. The highest BCUT2D eigenvalue weighted by Gasteiger charge is 2.34. The predicted molar refractivity (Wildman–Crippen MR) is 108 cm³/mol. The number of benzene rings is 1. The second-order valence-electron chi connectivity index (χ2n) is 6.90. The summed E-state index contributed by atoms with van der Waals surface area (Å²) >= 11 is 0.840. The summed E-state index contributed by atoms with van der Waals surface area (Å²) in [6.07, 6.45) is -2.08. The van der Waals surface area contributed by atoms with E-state index in [0.29, 0.717) is 43.9 Å². The van der Waals surface area contributed by atoms with Gasteiger partial charge in [-0.1, -0.05) is 17.4 Å². The van der Waals surface area contributed by atoms with Crippen LogP contribution >= 0.6 is 11.3 Å². The smallest absolute Gasteiger partial charge is 0.416 e. The number of rotatable bonds is 4. The Bertz CT molecular complexity index is 1180. The van der Waals surface area contributed by atoms with Crippen LogP contribution in [0.5, 0.6) is 5.88 Å². The zero-order chi connectivity index (χ0) is 22.2. The Morgan fingerprint density at radius 2 is 1.97 bits per heavy atom. The van der Waals surface area contributed by atoms with Crippen LogP contribution in [0.3, 0.4) is 0 Å². The largest absolute Gasteiger partial charge is 0.474 e. The number of piperidine rings is 1. The molecule has 0 unspecified atom stereocenters. The second-order valence-corrected chi connectivity index (χ2v) is 7.88. The molecule has 4 rings (SSSR count). The van der Waals surface area contributed by atoms with Crippen molar-refractivity contribution in [2.24, 2.45) is 0 Å². The van der Waals surface area contributed by atoms with Gasteiger partial charge in [0.05, 0.1) is 15.9 Å². The van der Waals surface area contributed by atoms with E-state index in [4.69, 9.17) is 4.74 Å². The molecule has 3 heterocycles. The van der Waals surface area contributed by atoms with E-state index in [1.807, 2.05) is 6.07 Å². The highest BCUT2D eigenvalue weighted by molar-refractivity contribution is 7.22. The van der Waals surface area contributed by atoms with E-state index >= 15 is 0 Å². The molecule has 0 N–H and O–H groups in total. The Labute approximate surface area is 177 Å². The van der Waals surface area contributed by atoms with Crippen LogP contribution in [0.15, 0.2) is 41.3 Å². The Kier molecular flexibility index (Phi) is 5.48. The summed E-state index contributed by atoms with van der Waals surface area (Å²) in [6.45, 7) is 0.945. The number of aromatic nitrogens is 2. The quantitative estimate of drug-likeness (QED) is 0.435. The van der Waals surface area contributed by atoms with Gasteiger partial charge in [0.15, 0.2) is 5.13 Å². The molecule has 0 aliphatic carbocycles. The van der Waals surface area contributed by atoms with Gasteiger partial charge in [-0.05, 0) is 12.1 Å². The minimum absolute atomic E-state index is 0.0907. The summed E-state index contributed by atoms with van der Waals surface area (Å²) < 4.78 is 45.0. The number of nitro groups is 1. The maximum atomic E-state index is 13.1. The first-order valence-electron chi connectivity index (χ1n) is 9.25. The number of nitro benzene ring substituents is 1. The summed E-state index contributed by atoms with van der Waals surface area (Å²) in [5.41, 5.74) is -2.94. The van der Waals surface area contributed by atoms with Gasteiger partial charge in [0.25, 0.3) is 11.2 Å². The molecule has 12 heteroatoms. The third-order valence-electron chi connectivity index (χ3n) is 4.85. The van der Waals surface area contributed by atoms with Crippen LogP contribution in [-0.4, -0.2) is 34.1 Å². The molecule has 0 radical (unpaired) electrons. The number of fused-ring (bicyclic) bond motifs is 1. The van der Waals surface area contributed by atoms with Gasteiger partial charge < -0.3 is 9.64 Å². The lowest BCUT2D eigenvalue weighted by Gasteiger charge is -2.32. The van der Waals surface area contributed by atoms with Crippen molar-refractivity contribution in [1.82, 2.24) is 9.97 Å². The molecule has 0 amide bonds. The highest BCUT2D eigenvalue weighted by atomic mass is 32.1. The fraction of sp³-hybridized carbons (Fsp3) is 0.316. The number of nitrogens with zero attached hydrogens (tertiary/aromatic N) is 4. The molecule has 1 aliphatic rings. The van der Waals surface area contributed by atoms with Crippen molar-refractivity contribution in [3.8, 4) is 5.88 Å². The molecule has 0 spiro atoms. The third kappa shape index (κ3) is 4.43. The van der Waals surface area contributed by atoms with Crippen molar-refractivity contribution in [3.05, 3.63) is 62.6 Å². The van der Waals surface area contributed by atoms with Crippen molar-refractivity contribution in [2.45, 2.75) is 25.1 Å². The van der Waals surface area contributed by atoms with Gasteiger partial charge in [-0.15, -0.1) is 0 Å². The van der Waals surface area contributed by atoms with Gasteiger partial charge in [0.2, 0.25) is 5.88 Å². The molecule has 1 aromatic carbocycles. The van der Waals surface area contributed by atoms with Crippen LogP contribution < -0.4 is 15.2 Å². The Hall–Kier alpha value is -3.28. The first kappa shape index (κ1) is 21.0. The minimum Gasteiger partial charge on any atom is -0.474 e. The molecule has 2 aromatic heterocycles. The third-order valence-corrected chi connectivity index (χ3v) is 6.02. The van der Waals surface area contributed by atoms with E-state index in [0.717, 1.165) is 11.3 Å². The molecule has 8 nitrogen and oxygen atoms in total. The average Bonchev–Trinajstić information content (AvgIpc) is 2.73. The van der Waals surface area contributed by atoms with Crippen LogP contribution in [0.25, 0.3) is 10.1 Å². The maximum absolute atomic E-state index is 13.1. The van der Waals surface area contributed by atoms with Crippen molar-refractivity contribution in [3.63, 3.8) is 0 Å². The molecule has 31 heavy (non-hydrogen) atoms. The molecule has 0 atom stereocenters. The SMILES string of the molecule is O=c1nc(N2CCC(Oc3ccccn3)CC2)sc2c([N+](=O)[O-])cc(C(F)(F)F)cc12. The fourth-order valence-corrected chi connectivity index (χ4v) is 4.44. The lowest BCUT2D eigenvalue weighted by molar-refractivity contribution is -0.383. The minimum atomic E-state index is -4.82. The summed E-state index contributed by atoms with van der Waals surface area (Å²) in [6, 6.07) is 6.40. The van der Waals surface area contributed by atoms with E-state index in [1.165, 1.54) is 0 Å². The van der Waals surface area contributed by atoms with Gasteiger partial charge in [0.1, 0.15) is 10.8 Å². The molecule has 162 valence electrons. The topological polar surface area (TPSA) is 98.5 Å². The molecule has 1 fully saturated rings. The van der Waals surface area contributed by atoms with Crippen molar-refractivity contribution >= 4 is 32.2 Å². The second kappa shape index (κ2) is 8.10. The summed E-state index contributed by atoms with van der Waals surface area (Å²) in [4.78, 5) is 32.7. The summed E-state index contributed by atoms with van der Waals surface area (Å²) in [5, 5.41) is 11.2. The molecular formula is C19H15F3N4O4S. The molecule has 0 saturated carbocycles. The summed E-state index contributed by atoms with van der Waals surface area (Å²) in [5.74, 6) is 0.505. The maximum Gasteiger partial charge on any atom is 0.416 e. The van der Waals surface area contributed by atoms with Crippen LogP contribution in [-0.2, 0) is 6.18 Å². The van der Waals surface area contributed by atoms with Gasteiger partial charge >= 0.3 is 6.18 Å².